The largest absolute Gasteiger partial charge is 0.352 e. The second-order valence-corrected chi connectivity index (χ2v) is 8.58. The normalized spacial score (nSPS) is 20.2. The summed E-state index contributed by atoms with van der Waals surface area (Å²) in [6.45, 7) is 3.84. The molecule has 2 aliphatic rings. The van der Waals surface area contributed by atoms with Gasteiger partial charge in [-0.05, 0) is 43.6 Å². The number of carbonyl (C=O) groups excluding carboxylic acids is 1. The first-order chi connectivity index (χ1) is 12.6. The van der Waals surface area contributed by atoms with Gasteiger partial charge >= 0.3 is 5.69 Å². The van der Waals surface area contributed by atoms with E-state index in [4.69, 9.17) is 0 Å². The molecule has 1 atom stereocenters. The quantitative estimate of drug-likeness (QED) is 0.689. The predicted octanol–water partition coefficient (Wildman–Crippen LogP) is 1.85. The zero-order valence-corrected chi connectivity index (χ0v) is 15.6. The Morgan fingerprint density at radius 3 is 2.96 bits per heavy atom. The average Bonchev–Trinajstić information content (AvgIpc) is 3.33. The third-order valence-corrected chi connectivity index (χ3v) is 6.78. The van der Waals surface area contributed by atoms with Crippen LogP contribution in [-0.2, 0) is 24.2 Å². The smallest absolute Gasteiger partial charge is 0.341 e. The standard InChI is InChI=1S/C18H21N5O2S/c1-11-4-5-12-13(8-11)26-17-15(12)16-20-23(18(25)22(16)10-19-17)9-14(24)21-6-2-3-7-21/h10-11H,2-9H2,1H3/t11-/m0/s1. The average molecular weight is 371 g/mol. The van der Waals surface area contributed by atoms with Gasteiger partial charge in [0, 0.05) is 18.0 Å². The van der Waals surface area contributed by atoms with Gasteiger partial charge in [-0.25, -0.2) is 18.9 Å². The van der Waals surface area contributed by atoms with Gasteiger partial charge in [-0.1, -0.05) is 6.92 Å². The molecule has 1 aliphatic heterocycles. The summed E-state index contributed by atoms with van der Waals surface area (Å²) in [6, 6.07) is 0. The molecule has 0 saturated carbocycles. The van der Waals surface area contributed by atoms with Crippen molar-refractivity contribution in [3.05, 3.63) is 27.3 Å². The van der Waals surface area contributed by atoms with Gasteiger partial charge in [-0.15, -0.1) is 16.4 Å². The number of nitrogens with zero attached hydrogens (tertiary/aromatic N) is 5. The topological polar surface area (TPSA) is 72.5 Å². The number of amides is 1. The highest BCUT2D eigenvalue weighted by Crippen LogP contribution is 2.38. The van der Waals surface area contributed by atoms with Crippen LogP contribution in [0.4, 0.5) is 0 Å². The minimum atomic E-state index is -0.286. The molecule has 1 aliphatic carbocycles. The molecule has 0 unspecified atom stereocenters. The molecule has 0 N–H and O–H groups in total. The van der Waals surface area contributed by atoms with Crippen molar-refractivity contribution in [2.45, 2.75) is 45.6 Å². The number of likely N-dealkylation sites (tertiary alicyclic amines) is 1. The highest BCUT2D eigenvalue weighted by atomic mass is 32.1. The molecule has 7 nitrogen and oxygen atoms in total. The Labute approximate surface area is 154 Å². The maximum atomic E-state index is 12.7. The van der Waals surface area contributed by atoms with Crippen molar-refractivity contribution in [3.63, 3.8) is 0 Å². The van der Waals surface area contributed by atoms with E-state index in [1.807, 2.05) is 4.90 Å². The molecule has 136 valence electrons. The van der Waals surface area contributed by atoms with E-state index < -0.39 is 0 Å². The fourth-order valence-electron chi connectivity index (χ4n) is 4.16. The van der Waals surface area contributed by atoms with Crippen LogP contribution in [0.15, 0.2) is 11.1 Å². The van der Waals surface area contributed by atoms with Crippen LogP contribution in [0, 0.1) is 5.92 Å². The minimum absolute atomic E-state index is 0.00533. The molecule has 1 fully saturated rings. The van der Waals surface area contributed by atoms with Gasteiger partial charge in [-0.2, -0.15) is 0 Å². The molecule has 5 rings (SSSR count). The van der Waals surface area contributed by atoms with Crippen molar-refractivity contribution in [2.75, 3.05) is 13.1 Å². The molecular weight excluding hydrogens is 350 g/mol. The number of aryl methyl sites for hydroxylation is 1. The van der Waals surface area contributed by atoms with Gasteiger partial charge in [0.2, 0.25) is 5.91 Å². The SMILES string of the molecule is C[C@H]1CCc2c(sc3ncn4c(=O)n(CC(=O)N5CCCC5)nc4c23)C1. The lowest BCUT2D eigenvalue weighted by Crippen LogP contribution is -2.34. The van der Waals surface area contributed by atoms with E-state index in [2.05, 4.69) is 17.0 Å². The van der Waals surface area contributed by atoms with Crippen molar-refractivity contribution >= 4 is 33.1 Å². The Morgan fingerprint density at radius 2 is 2.15 bits per heavy atom. The molecule has 1 amide bonds. The van der Waals surface area contributed by atoms with Crippen LogP contribution in [0.2, 0.25) is 0 Å². The van der Waals surface area contributed by atoms with E-state index in [-0.39, 0.29) is 18.1 Å². The molecule has 0 radical (unpaired) electrons. The summed E-state index contributed by atoms with van der Waals surface area (Å²) in [5.41, 5.74) is 1.65. The monoisotopic (exact) mass is 371 g/mol. The van der Waals surface area contributed by atoms with Gasteiger partial charge in [0.25, 0.3) is 0 Å². The summed E-state index contributed by atoms with van der Waals surface area (Å²) in [6.07, 6.45) is 6.85. The Bertz CT molecular complexity index is 1070. The first-order valence-electron chi connectivity index (χ1n) is 9.28. The third kappa shape index (κ3) is 2.39. The Kier molecular flexibility index (Phi) is 3.63. The van der Waals surface area contributed by atoms with Crippen LogP contribution in [0.5, 0.6) is 0 Å². The molecule has 3 aromatic rings. The highest BCUT2D eigenvalue weighted by Gasteiger charge is 2.25. The third-order valence-electron chi connectivity index (χ3n) is 5.62. The van der Waals surface area contributed by atoms with E-state index in [1.165, 1.54) is 19.5 Å². The van der Waals surface area contributed by atoms with Gasteiger partial charge in [-0.3, -0.25) is 4.79 Å². The van der Waals surface area contributed by atoms with Crippen molar-refractivity contribution in [1.29, 1.82) is 0 Å². The molecule has 1 saturated heterocycles. The predicted molar refractivity (Wildman–Crippen MR) is 99.6 cm³/mol. The summed E-state index contributed by atoms with van der Waals surface area (Å²) in [7, 11) is 0. The molecule has 3 aromatic heterocycles. The van der Waals surface area contributed by atoms with E-state index in [0.29, 0.717) is 11.6 Å². The van der Waals surface area contributed by atoms with Gasteiger partial charge in [0.05, 0.1) is 5.39 Å². The summed E-state index contributed by atoms with van der Waals surface area (Å²) < 4.78 is 2.79. The van der Waals surface area contributed by atoms with Crippen molar-refractivity contribution in [2.24, 2.45) is 5.92 Å². The van der Waals surface area contributed by atoms with E-state index >= 15 is 0 Å². The van der Waals surface area contributed by atoms with Crippen molar-refractivity contribution in [3.8, 4) is 0 Å². The fraction of sp³-hybridized carbons (Fsp3) is 0.556. The van der Waals surface area contributed by atoms with E-state index in [0.717, 1.165) is 55.4 Å². The number of rotatable bonds is 2. The second kappa shape index (κ2) is 5.90. The van der Waals surface area contributed by atoms with Gasteiger partial charge < -0.3 is 4.90 Å². The molecule has 0 bridgehead atoms. The summed E-state index contributed by atoms with van der Waals surface area (Å²) in [5.74, 6) is 0.655. The number of aromatic nitrogens is 4. The summed E-state index contributed by atoms with van der Waals surface area (Å²) in [4.78, 5) is 33.8. The Morgan fingerprint density at radius 1 is 1.35 bits per heavy atom. The minimum Gasteiger partial charge on any atom is -0.341 e. The highest BCUT2D eigenvalue weighted by molar-refractivity contribution is 7.19. The molecule has 26 heavy (non-hydrogen) atoms. The lowest BCUT2D eigenvalue weighted by Gasteiger charge is -2.17. The van der Waals surface area contributed by atoms with Gasteiger partial charge in [0.15, 0.2) is 5.65 Å². The second-order valence-electron chi connectivity index (χ2n) is 7.50. The van der Waals surface area contributed by atoms with Crippen LogP contribution in [0.1, 0.15) is 36.6 Å². The van der Waals surface area contributed by atoms with Crippen LogP contribution < -0.4 is 5.69 Å². The zero-order valence-electron chi connectivity index (χ0n) is 14.8. The van der Waals surface area contributed by atoms with E-state index in [9.17, 15) is 9.59 Å². The number of thiophene rings is 1. The molecule has 8 heteroatoms. The Balaban J connectivity index is 1.61. The zero-order chi connectivity index (χ0) is 17.8. The fourth-order valence-corrected chi connectivity index (χ4v) is 5.51. The van der Waals surface area contributed by atoms with Crippen molar-refractivity contribution in [1.82, 2.24) is 24.1 Å². The lowest BCUT2D eigenvalue weighted by atomic mass is 9.89. The maximum Gasteiger partial charge on any atom is 0.352 e. The molecule has 0 aromatic carbocycles. The van der Waals surface area contributed by atoms with Crippen LogP contribution in [0.3, 0.4) is 0 Å². The first-order valence-corrected chi connectivity index (χ1v) is 10.1. The lowest BCUT2D eigenvalue weighted by molar-refractivity contribution is -0.131. The molecular formula is C18H21N5O2S. The van der Waals surface area contributed by atoms with E-state index in [1.54, 1.807) is 17.7 Å². The number of hydrogen-bond donors (Lipinski definition) is 0. The first kappa shape index (κ1) is 16.0. The molecule has 0 spiro atoms. The number of carbonyl (C=O) groups is 1. The molecule has 4 heterocycles. The summed E-state index contributed by atoms with van der Waals surface area (Å²) in [5, 5.41) is 5.54. The summed E-state index contributed by atoms with van der Waals surface area (Å²) >= 11 is 1.72. The maximum absolute atomic E-state index is 12.7. The number of hydrogen-bond acceptors (Lipinski definition) is 5. The van der Waals surface area contributed by atoms with Crippen LogP contribution >= 0.6 is 11.3 Å². The number of fused-ring (bicyclic) bond motifs is 5. The van der Waals surface area contributed by atoms with Crippen LogP contribution in [-0.4, -0.2) is 43.1 Å². The van der Waals surface area contributed by atoms with Crippen molar-refractivity contribution < 1.29 is 4.79 Å². The van der Waals surface area contributed by atoms with Gasteiger partial charge in [0.1, 0.15) is 17.7 Å². The Hall–Kier alpha value is -2.22. The van der Waals surface area contributed by atoms with Crippen LogP contribution in [0.25, 0.3) is 15.9 Å².